The molecule has 20 heavy (non-hydrogen) atoms. The summed E-state index contributed by atoms with van der Waals surface area (Å²) in [7, 11) is 1.70. The minimum absolute atomic E-state index is 0.151. The highest BCUT2D eigenvalue weighted by atomic mass is 19.1. The quantitative estimate of drug-likeness (QED) is 0.632. The smallest absolute Gasteiger partial charge is 0.292 e. The Hall–Kier alpha value is -2.06. The zero-order valence-corrected chi connectivity index (χ0v) is 10.8. The van der Waals surface area contributed by atoms with Crippen LogP contribution in [-0.2, 0) is 9.53 Å². The molecule has 0 spiro atoms. The van der Waals surface area contributed by atoms with Crippen LogP contribution in [0.5, 0.6) is 0 Å². The summed E-state index contributed by atoms with van der Waals surface area (Å²) in [4.78, 5) is 22.3. The molecule has 0 saturated carbocycles. The number of nitrogens with one attached hydrogen (secondary N) is 2. The number of benzene rings is 1. The van der Waals surface area contributed by atoms with Crippen molar-refractivity contribution in [3.63, 3.8) is 0 Å². The zero-order valence-electron chi connectivity index (χ0n) is 10.8. The molecule has 2 N–H and O–H groups in total. The number of hydrogen-bond donors (Lipinski definition) is 2. The van der Waals surface area contributed by atoms with E-state index >= 15 is 0 Å². The van der Waals surface area contributed by atoms with Crippen LogP contribution in [0, 0.1) is 21.8 Å². The average molecular weight is 283 g/mol. The molecule has 108 valence electrons. The molecule has 2 rings (SSSR count). The van der Waals surface area contributed by atoms with Crippen molar-refractivity contribution < 1.29 is 18.8 Å². The van der Waals surface area contributed by atoms with E-state index in [1.165, 1.54) is 0 Å². The first-order valence-electron chi connectivity index (χ1n) is 6.02. The van der Waals surface area contributed by atoms with Gasteiger partial charge in [0.1, 0.15) is 11.5 Å². The number of halogens is 1. The molecular formula is C12H14FN3O4. The van der Waals surface area contributed by atoms with E-state index in [4.69, 9.17) is 4.74 Å². The molecule has 0 bridgehead atoms. The summed E-state index contributed by atoms with van der Waals surface area (Å²) in [5.74, 6) is -1.56. The number of likely N-dealkylation sites (N-methyl/N-ethyl adjacent to an activating group) is 1. The van der Waals surface area contributed by atoms with Crippen LogP contribution in [0.3, 0.4) is 0 Å². The fraction of sp³-hybridized carbons (Fsp3) is 0.417. The molecule has 1 aliphatic heterocycles. The zero-order chi connectivity index (χ0) is 14.7. The van der Waals surface area contributed by atoms with Crippen molar-refractivity contribution in [1.82, 2.24) is 5.32 Å². The van der Waals surface area contributed by atoms with Crippen LogP contribution in [0.1, 0.15) is 0 Å². The standard InChI is InChI=1S/C12H14FN3O4/c1-14-10-6-20-5-8(10)12(17)15-9-4-7(13)2-3-11(9)16(18)19/h2-4,8,10,14H,5-6H2,1H3,(H,15,17). The fourth-order valence-corrected chi connectivity index (χ4v) is 2.09. The number of nitro groups is 1. The maximum Gasteiger partial charge on any atom is 0.292 e. The largest absolute Gasteiger partial charge is 0.379 e. The Morgan fingerprint density at radius 3 is 2.90 bits per heavy atom. The van der Waals surface area contributed by atoms with E-state index < -0.39 is 22.6 Å². The number of nitrogens with zero attached hydrogens (tertiary/aromatic N) is 1. The third kappa shape index (κ3) is 2.91. The molecule has 8 heteroatoms. The monoisotopic (exact) mass is 283 g/mol. The van der Waals surface area contributed by atoms with Gasteiger partial charge in [0.25, 0.3) is 5.69 Å². The molecule has 1 heterocycles. The van der Waals surface area contributed by atoms with Crippen LogP contribution in [0.25, 0.3) is 0 Å². The topological polar surface area (TPSA) is 93.5 Å². The molecule has 1 aliphatic rings. The Bertz CT molecular complexity index is 537. The summed E-state index contributed by atoms with van der Waals surface area (Å²) in [6, 6.07) is 2.76. The van der Waals surface area contributed by atoms with E-state index in [2.05, 4.69) is 10.6 Å². The molecule has 1 aromatic carbocycles. The highest BCUT2D eigenvalue weighted by Gasteiger charge is 2.33. The van der Waals surface area contributed by atoms with Crippen molar-refractivity contribution in [3.05, 3.63) is 34.1 Å². The molecule has 0 aromatic heterocycles. The van der Waals surface area contributed by atoms with Crippen molar-refractivity contribution in [2.75, 3.05) is 25.6 Å². The third-order valence-electron chi connectivity index (χ3n) is 3.20. The van der Waals surface area contributed by atoms with E-state index in [-0.39, 0.29) is 24.0 Å². The fourth-order valence-electron chi connectivity index (χ4n) is 2.09. The predicted molar refractivity (Wildman–Crippen MR) is 68.8 cm³/mol. The van der Waals surface area contributed by atoms with Crippen molar-refractivity contribution in [2.45, 2.75) is 6.04 Å². The highest BCUT2D eigenvalue weighted by molar-refractivity contribution is 5.95. The third-order valence-corrected chi connectivity index (χ3v) is 3.20. The average Bonchev–Trinajstić information content (AvgIpc) is 2.86. The first-order valence-corrected chi connectivity index (χ1v) is 6.02. The molecule has 1 saturated heterocycles. The second-order valence-corrected chi connectivity index (χ2v) is 4.45. The van der Waals surface area contributed by atoms with E-state index in [9.17, 15) is 19.3 Å². The van der Waals surface area contributed by atoms with Crippen LogP contribution < -0.4 is 10.6 Å². The molecule has 1 fully saturated rings. The van der Waals surface area contributed by atoms with Crippen molar-refractivity contribution in [1.29, 1.82) is 0 Å². The highest BCUT2D eigenvalue weighted by Crippen LogP contribution is 2.26. The van der Waals surface area contributed by atoms with E-state index in [1.807, 2.05) is 0 Å². The van der Waals surface area contributed by atoms with E-state index in [1.54, 1.807) is 7.05 Å². The summed E-state index contributed by atoms with van der Waals surface area (Å²) in [6.45, 7) is 0.611. The summed E-state index contributed by atoms with van der Waals surface area (Å²) >= 11 is 0. The van der Waals surface area contributed by atoms with E-state index in [0.717, 1.165) is 18.2 Å². The number of carbonyl (C=O) groups excluding carboxylic acids is 1. The maximum absolute atomic E-state index is 13.2. The molecule has 2 atom stereocenters. The number of amides is 1. The molecule has 1 amide bonds. The Balaban J connectivity index is 2.19. The van der Waals surface area contributed by atoms with Crippen molar-refractivity contribution in [3.8, 4) is 0 Å². The lowest BCUT2D eigenvalue weighted by molar-refractivity contribution is -0.384. The Morgan fingerprint density at radius 1 is 1.50 bits per heavy atom. The van der Waals surface area contributed by atoms with Crippen LogP contribution >= 0.6 is 0 Å². The van der Waals surface area contributed by atoms with Gasteiger partial charge in [-0.25, -0.2) is 4.39 Å². The van der Waals surface area contributed by atoms with Gasteiger partial charge < -0.3 is 15.4 Å². The minimum atomic E-state index is -0.671. The van der Waals surface area contributed by atoms with E-state index in [0.29, 0.717) is 6.61 Å². The normalized spacial score (nSPS) is 21.7. The number of anilines is 1. The molecule has 7 nitrogen and oxygen atoms in total. The first kappa shape index (κ1) is 14.4. The van der Waals surface area contributed by atoms with Gasteiger partial charge in [-0.15, -0.1) is 0 Å². The Labute approximate surface area is 114 Å². The van der Waals surface area contributed by atoms with Gasteiger partial charge in [0.05, 0.1) is 24.1 Å². The van der Waals surface area contributed by atoms with Gasteiger partial charge >= 0.3 is 0 Å². The molecular weight excluding hydrogens is 269 g/mol. The van der Waals surface area contributed by atoms with Gasteiger partial charge in [-0.3, -0.25) is 14.9 Å². The minimum Gasteiger partial charge on any atom is -0.379 e. The number of carbonyl (C=O) groups is 1. The lowest BCUT2D eigenvalue weighted by Gasteiger charge is -2.16. The molecule has 2 unspecified atom stereocenters. The van der Waals surface area contributed by atoms with Crippen LogP contribution in [-0.4, -0.2) is 37.1 Å². The van der Waals surface area contributed by atoms with Crippen molar-refractivity contribution >= 4 is 17.3 Å². The Kier molecular flexibility index (Phi) is 4.26. The second kappa shape index (κ2) is 5.93. The SMILES string of the molecule is CNC1COCC1C(=O)Nc1cc(F)ccc1[N+](=O)[O-]. The van der Waals surface area contributed by atoms with Gasteiger partial charge in [-0.2, -0.15) is 0 Å². The number of ether oxygens (including phenoxy) is 1. The lowest BCUT2D eigenvalue weighted by Crippen LogP contribution is -2.39. The van der Waals surface area contributed by atoms with Crippen LogP contribution in [0.2, 0.25) is 0 Å². The second-order valence-electron chi connectivity index (χ2n) is 4.45. The van der Waals surface area contributed by atoms with Gasteiger partial charge in [0.2, 0.25) is 5.91 Å². The molecule has 1 aromatic rings. The molecule has 0 aliphatic carbocycles. The van der Waals surface area contributed by atoms with Gasteiger partial charge in [0, 0.05) is 18.2 Å². The summed E-state index contributed by atoms with van der Waals surface area (Å²) < 4.78 is 18.4. The first-order chi connectivity index (χ1) is 9.52. The maximum atomic E-state index is 13.2. The number of hydrogen-bond acceptors (Lipinski definition) is 5. The van der Waals surface area contributed by atoms with Gasteiger partial charge in [0.15, 0.2) is 0 Å². The summed E-state index contributed by atoms with van der Waals surface area (Å²) in [5, 5.41) is 16.2. The lowest BCUT2D eigenvalue weighted by atomic mass is 10.0. The number of nitro benzene ring substituents is 1. The van der Waals surface area contributed by atoms with Crippen molar-refractivity contribution in [2.24, 2.45) is 5.92 Å². The summed E-state index contributed by atoms with van der Waals surface area (Å²) in [5.41, 5.74) is -0.499. The van der Waals surface area contributed by atoms with Crippen LogP contribution in [0.15, 0.2) is 18.2 Å². The van der Waals surface area contributed by atoms with Gasteiger partial charge in [-0.1, -0.05) is 0 Å². The Morgan fingerprint density at radius 2 is 2.25 bits per heavy atom. The number of rotatable bonds is 4. The van der Waals surface area contributed by atoms with Crippen LogP contribution in [0.4, 0.5) is 15.8 Å². The van der Waals surface area contributed by atoms with Gasteiger partial charge in [-0.05, 0) is 13.1 Å². The predicted octanol–water partition coefficient (Wildman–Crippen LogP) is 0.907. The molecule has 0 radical (unpaired) electrons. The summed E-state index contributed by atoms with van der Waals surface area (Å²) in [6.07, 6.45) is 0.